The van der Waals surface area contributed by atoms with Gasteiger partial charge in [-0.3, -0.25) is 9.78 Å². The molecule has 0 saturated carbocycles. The Hall–Kier alpha value is -2.23. The van der Waals surface area contributed by atoms with Gasteiger partial charge in [0.25, 0.3) is 0 Å². The van der Waals surface area contributed by atoms with Crippen LogP contribution in [0, 0.1) is 5.82 Å². The SMILES string of the molecule is C=CC(C)(C(N)=O)c1cnc2c(F)cccc2c1. The van der Waals surface area contributed by atoms with Crippen LogP contribution in [0.2, 0.25) is 0 Å². The third-order valence-electron chi connectivity index (χ3n) is 3.18. The van der Waals surface area contributed by atoms with Crippen LogP contribution in [0.5, 0.6) is 0 Å². The van der Waals surface area contributed by atoms with Gasteiger partial charge in [0.05, 0.1) is 5.41 Å². The van der Waals surface area contributed by atoms with Crippen LogP contribution in [0.3, 0.4) is 0 Å². The van der Waals surface area contributed by atoms with Crippen LogP contribution >= 0.6 is 0 Å². The fourth-order valence-corrected chi connectivity index (χ4v) is 1.77. The molecule has 0 fully saturated rings. The van der Waals surface area contributed by atoms with Crippen molar-refractivity contribution < 1.29 is 9.18 Å². The summed E-state index contributed by atoms with van der Waals surface area (Å²) in [5.41, 5.74) is 5.24. The van der Waals surface area contributed by atoms with E-state index in [-0.39, 0.29) is 5.52 Å². The number of amides is 1. The average Bonchev–Trinajstić information content (AvgIpc) is 2.37. The maximum atomic E-state index is 13.5. The largest absolute Gasteiger partial charge is 0.369 e. The number of halogens is 1. The summed E-state index contributed by atoms with van der Waals surface area (Å²) in [6.07, 6.45) is 2.93. The number of fused-ring (bicyclic) bond motifs is 1. The number of carbonyl (C=O) groups is 1. The number of para-hydroxylation sites is 1. The van der Waals surface area contributed by atoms with Crippen molar-refractivity contribution in [2.24, 2.45) is 5.73 Å². The van der Waals surface area contributed by atoms with Gasteiger partial charge in [0, 0.05) is 11.6 Å². The van der Waals surface area contributed by atoms with Gasteiger partial charge in [-0.05, 0) is 24.6 Å². The van der Waals surface area contributed by atoms with Crippen molar-refractivity contribution in [3.05, 3.63) is 54.5 Å². The monoisotopic (exact) mass is 244 g/mol. The van der Waals surface area contributed by atoms with Crippen molar-refractivity contribution in [3.63, 3.8) is 0 Å². The molecule has 1 aromatic carbocycles. The van der Waals surface area contributed by atoms with Crippen molar-refractivity contribution in [1.29, 1.82) is 0 Å². The van der Waals surface area contributed by atoms with Gasteiger partial charge in [-0.25, -0.2) is 4.39 Å². The van der Waals surface area contributed by atoms with E-state index in [0.29, 0.717) is 10.9 Å². The second-order valence-corrected chi connectivity index (χ2v) is 4.31. The molecular formula is C14H13FN2O. The first-order valence-corrected chi connectivity index (χ1v) is 5.47. The van der Waals surface area contributed by atoms with E-state index < -0.39 is 17.1 Å². The van der Waals surface area contributed by atoms with Gasteiger partial charge < -0.3 is 5.73 Å². The lowest BCUT2D eigenvalue weighted by Crippen LogP contribution is -2.36. The first-order chi connectivity index (χ1) is 8.49. The lowest BCUT2D eigenvalue weighted by Gasteiger charge is -2.22. The number of hydrogen-bond donors (Lipinski definition) is 1. The van der Waals surface area contributed by atoms with Gasteiger partial charge in [-0.2, -0.15) is 0 Å². The zero-order valence-corrected chi connectivity index (χ0v) is 9.98. The minimum absolute atomic E-state index is 0.275. The maximum absolute atomic E-state index is 13.5. The van der Waals surface area contributed by atoms with E-state index in [1.807, 2.05) is 0 Å². The molecule has 0 spiro atoms. The Morgan fingerprint density at radius 1 is 1.56 bits per heavy atom. The smallest absolute Gasteiger partial charge is 0.231 e. The van der Waals surface area contributed by atoms with Gasteiger partial charge in [0.2, 0.25) is 5.91 Å². The Kier molecular flexibility index (Phi) is 2.87. The van der Waals surface area contributed by atoms with Crippen molar-refractivity contribution in [2.45, 2.75) is 12.3 Å². The van der Waals surface area contributed by atoms with Crippen LogP contribution in [-0.2, 0) is 10.2 Å². The van der Waals surface area contributed by atoms with Crippen LogP contribution in [0.1, 0.15) is 12.5 Å². The molecule has 1 atom stereocenters. The molecule has 2 N–H and O–H groups in total. The van der Waals surface area contributed by atoms with Crippen LogP contribution < -0.4 is 5.73 Å². The molecule has 1 heterocycles. The van der Waals surface area contributed by atoms with Crippen molar-refractivity contribution in [1.82, 2.24) is 4.98 Å². The van der Waals surface area contributed by atoms with Gasteiger partial charge in [-0.1, -0.05) is 18.2 Å². The Balaban J connectivity index is 2.67. The van der Waals surface area contributed by atoms with E-state index in [0.717, 1.165) is 0 Å². The lowest BCUT2D eigenvalue weighted by molar-refractivity contribution is -0.121. The Bertz CT molecular complexity index is 639. The van der Waals surface area contributed by atoms with Crippen LogP contribution in [-0.4, -0.2) is 10.9 Å². The Morgan fingerprint density at radius 3 is 2.89 bits per heavy atom. The molecule has 0 aliphatic heterocycles. The molecule has 18 heavy (non-hydrogen) atoms. The van der Waals surface area contributed by atoms with E-state index in [9.17, 15) is 9.18 Å². The molecule has 0 radical (unpaired) electrons. The molecule has 0 aliphatic carbocycles. The molecular weight excluding hydrogens is 231 g/mol. The number of pyridine rings is 1. The van der Waals surface area contributed by atoms with E-state index in [1.165, 1.54) is 18.3 Å². The number of rotatable bonds is 3. The highest BCUT2D eigenvalue weighted by molar-refractivity contribution is 5.90. The number of nitrogens with two attached hydrogens (primary N) is 1. The predicted octanol–water partition coefficient (Wildman–Crippen LogP) is 2.30. The standard InChI is InChI=1S/C14H13FN2O/c1-3-14(2,13(16)18)10-7-9-5-4-6-11(15)12(9)17-8-10/h3-8H,1H2,2H3,(H2,16,18). The molecule has 2 aromatic rings. The summed E-state index contributed by atoms with van der Waals surface area (Å²) in [5, 5.41) is 0.627. The Labute approximate surface area is 104 Å². The second kappa shape index (κ2) is 4.22. The molecule has 1 aromatic heterocycles. The van der Waals surface area contributed by atoms with Crippen molar-refractivity contribution in [3.8, 4) is 0 Å². The molecule has 0 aliphatic rings. The highest BCUT2D eigenvalue weighted by Gasteiger charge is 2.30. The molecule has 4 heteroatoms. The molecule has 1 unspecified atom stereocenters. The number of benzene rings is 1. The van der Waals surface area contributed by atoms with Crippen molar-refractivity contribution in [2.75, 3.05) is 0 Å². The van der Waals surface area contributed by atoms with Crippen LogP contribution in [0.4, 0.5) is 4.39 Å². The van der Waals surface area contributed by atoms with Crippen LogP contribution in [0.25, 0.3) is 10.9 Å². The summed E-state index contributed by atoms with van der Waals surface area (Å²) >= 11 is 0. The summed E-state index contributed by atoms with van der Waals surface area (Å²) in [5.74, 6) is -0.909. The molecule has 92 valence electrons. The van der Waals surface area contributed by atoms with Crippen LogP contribution in [0.15, 0.2) is 43.1 Å². The summed E-state index contributed by atoms with van der Waals surface area (Å²) in [6.45, 7) is 5.28. The summed E-state index contributed by atoms with van der Waals surface area (Å²) in [6, 6.07) is 6.38. The summed E-state index contributed by atoms with van der Waals surface area (Å²) in [7, 11) is 0. The summed E-state index contributed by atoms with van der Waals surface area (Å²) in [4.78, 5) is 15.6. The van der Waals surface area contributed by atoms with Crippen molar-refractivity contribution >= 4 is 16.8 Å². The van der Waals surface area contributed by atoms with Gasteiger partial charge in [-0.15, -0.1) is 6.58 Å². The zero-order valence-electron chi connectivity index (χ0n) is 9.98. The zero-order chi connectivity index (χ0) is 13.3. The predicted molar refractivity (Wildman–Crippen MR) is 68.4 cm³/mol. The number of aromatic nitrogens is 1. The quantitative estimate of drug-likeness (QED) is 0.842. The van der Waals surface area contributed by atoms with E-state index in [2.05, 4.69) is 11.6 Å². The molecule has 1 amide bonds. The first-order valence-electron chi connectivity index (χ1n) is 5.47. The minimum Gasteiger partial charge on any atom is -0.369 e. The maximum Gasteiger partial charge on any atom is 0.231 e. The lowest BCUT2D eigenvalue weighted by atomic mass is 9.82. The fraction of sp³-hybridized carbons (Fsp3) is 0.143. The van der Waals surface area contributed by atoms with Gasteiger partial charge in [0.1, 0.15) is 11.3 Å². The third kappa shape index (κ3) is 1.76. The molecule has 0 bridgehead atoms. The number of hydrogen-bond acceptors (Lipinski definition) is 2. The summed E-state index contributed by atoms with van der Waals surface area (Å²) < 4.78 is 13.5. The van der Waals surface area contributed by atoms with E-state index in [1.54, 1.807) is 25.1 Å². The fourth-order valence-electron chi connectivity index (χ4n) is 1.77. The molecule has 3 nitrogen and oxygen atoms in total. The topological polar surface area (TPSA) is 56.0 Å². The van der Waals surface area contributed by atoms with Gasteiger partial charge in [0.15, 0.2) is 0 Å². The Morgan fingerprint density at radius 2 is 2.28 bits per heavy atom. The highest BCUT2D eigenvalue weighted by Crippen LogP contribution is 2.27. The van der Waals surface area contributed by atoms with E-state index in [4.69, 9.17) is 5.73 Å². The first kappa shape index (κ1) is 12.2. The highest BCUT2D eigenvalue weighted by atomic mass is 19.1. The normalized spacial score (nSPS) is 14.1. The minimum atomic E-state index is -1.01. The second-order valence-electron chi connectivity index (χ2n) is 4.31. The number of primary amides is 1. The van der Waals surface area contributed by atoms with Gasteiger partial charge >= 0.3 is 0 Å². The average molecular weight is 244 g/mol. The number of nitrogens with zero attached hydrogens (tertiary/aromatic N) is 1. The third-order valence-corrected chi connectivity index (χ3v) is 3.18. The number of carbonyl (C=O) groups excluding carboxylic acids is 1. The van der Waals surface area contributed by atoms with E-state index >= 15 is 0 Å². The molecule has 2 rings (SSSR count). The molecule has 0 saturated heterocycles.